The van der Waals surface area contributed by atoms with Crippen molar-refractivity contribution in [2.45, 2.75) is 19.9 Å². The summed E-state index contributed by atoms with van der Waals surface area (Å²) in [5, 5.41) is 12.4. The summed E-state index contributed by atoms with van der Waals surface area (Å²) in [6, 6.07) is 10.0. The van der Waals surface area contributed by atoms with Gasteiger partial charge in [0.05, 0.1) is 23.7 Å². The van der Waals surface area contributed by atoms with Crippen molar-refractivity contribution in [3.8, 4) is 0 Å². The van der Waals surface area contributed by atoms with E-state index in [-0.39, 0.29) is 5.91 Å². The molecule has 0 spiro atoms. The van der Waals surface area contributed by atoms with Crippen LogP contribution in [-0.2, 0) is 13.0 Å². The van der Waals surface area contributed by atoms with Crippen LogP contribution < -0.4 is 5.32 Å². The highest BCUT2D eigenvalue weighted by Crippen LogP contribution is 2.20. The minimum absolute atomic E-state index is 0.0762. The summed E-state index contributed by atoms with van der Waals surface area (Å²) in [6.45, 7) is 3.19. The molecule has 0 saturated carbocycles. The van der Waals surface area contributed by atoms with E-state index >= 15 is 0 Å². The Kier molecular flexibility index (Phi) is 4.81. The first-order valence-electron chi connectivity index (χ1n) is 8.37. The Labute approximate surface area is 159 Å². The maximum atomic E-state index is 12.7. The predicted octanol–water partition coefficient (Wildman–Crippen LogP) is 3.88. The van der Waals surface area contributed by atoms with Gasteiger partial charge in [-0.3, -0.25) is 4.79 Å². The zero-order valence-corrected chi connectivity index (χ0v) is 15.9. The zero-order chi connectivity index (χ0) is 17.9. The molecule has 0 aliphatic rings. The van der Waals surface area contributed by atoms with Gasteiger partial charge < -0.3 is 5.32 Å². The second-order valence-electron chi connectivity index (χ2n) is 6.02. The lowest BCUT2D eigenvalue weighted by Gasteiger charge is -2.07. The lowest BCUT2D eigenvalue weighted by Crippen LogP contribution is -2.26. The second kappa shape index (κ2) is 7.39. The molecule has 0 saturated heterocycles. The highest BCUT2D eigenvalue weighted by atomic mass is 32.1. The third kappa shape index (κ3) is 3.54. The molecular formula is C19H18N4OS2. The summed E-state index contributed by atoms with van der Waals surface area (Å²) < 4.78 is 1.86. The van der Waals surface area contributed by atoms with Crippen LogP contribution in [0.3, 0.4) is 0 Å². The minimum Gasteiger partial charge on any atom is -0.352 e. The summed E-state index contributed by atoms with van der Waals surface area (Å²) >= 11 is 3.39. The Bertz CT molecular complexity index is 1020. The Morgan fingerprint density at radius 3 is 2.69 bits per heavy atom. The third-order valence-electron chi connectivity index (χ3n) is 4.10. The van der Waals surface area contributed by atoms with Crippen LogP contribution in [0.2, 0.25) is 0 Å². The van der Waals surface area contributed by atoms with E-state index in [4.69, 9.17) is 0 Å². The SMILES string of the molecule is Cc1cc(C(=O)NCCc2cccs2)c2cnn(Cc3cccs3)c2n1. The Hall–Kier alpha value is -2.51. The number of hydrogen-bond acceptors (Lipinski definition) is 5. The first kappa shape index (κ1) is 16.9. The first-order valence-corrected chi connectivity index (χ1v) is 10.1. The molecule has 0 atom stereocenters. The maximum Gasteiger partial charge on any atom is 0.252 e. The van der Waals surface area contributed by atoms with E-state index in [9.17, 15) is 4.79 Å². The number of rotatable bonds is 6. The fourth-order valence-electron chi connectivity index (χ4n) is 2.88. The van der Waals surface area contributed by atoms with Crippen molar-refractivity contribution in [1.82, 2.24) is 20.1 Å². The lowest BCUT2D eigenvalue weighted by molar-refractivity contribution is 0.0955. The highest BCUT2D eigenvalue weighted by Gasteiger charge is 2.16. The monoisotopic (exact) mass is 382 g/mol. The number of hydrogen-bond donors (Lipinski definition) is 1. The van der Waals surface area contributed by atoms with Crippen molar-refractivity contribution in [1.29, 1.82) is 0 Å². The van der Waals surface area contributed by atoms with Gasteiger partial charge in [0.25, 0.3) is 5.91 Å². The van der Waals surface area contributed by atoms with Gasteiger partial charge in [0.1, 0.15) is 0 Å². The number of aromatic nitrogens is 3. The number of nitrogens with one attached hydrogen (secondary N) is 1. The van der Waals surface area contributed by atoms with E-state index in [1.807, 2.05) is 35.2 Å². The summed E-state index contributed by atoms with van der Waals surface area (Å²) in [5.41, 5.74) is 2.20. The van der Waals surface area contributed by atoms with Crippen molar-refractivity contribution >= 4 is 39.6 Å². The molecule has 0 bridgehead atoms. The fourth-order valence-corrected chi connectivity index (χ4v) is 4.27. The van der Waals surface area contributed by atoms with Crippen molar-refractivity contribution in [2.75, 3.05) is 6.54 Å². The summed E-state index contributed by atoms with van der Waals surface area (Å²) in [6.07, 6.45) is 2.58. The smallest absolute Gasteiger partial charge is 0.252 e. The topological polar surface area (TPSA) is 59.8 Å². The van der Waals surface area contributed by atoms with E-state index in [2.05, 4.69) is 32.9 Å². The van der Waals surface area contributed by atoms with Crippen molar-refractivity contribution < 1.29 is 4.79 Å². The Balaban J connectivity index is 1.56. The molecule has 4 rings (SSSR count). The predicted molar refractivity (Wildman–Crippen MR) is 106 cm³/mol. The van der Waals surface area contributed by atoms with Crippen molar-refractivity contribution in [2.24, 2.45) is 0 Å². The van der Waals surface area contributed by atoms with Crippen molar-refractivity contribution in [3.05, 3.63) is 68.3 Å². The van der Waals surface area contributed by atoms with E-state index in [1.54, 1.807) is 28.9 Å². The van der Waals surface area contributed by atoms with E-state index < -0.39 is 0 Å². The number of thiophene rings is 2. The molecule has 1 N–H and O–H groups in total. The molecule has 7 heteroatoms. The number of carbonyl (C=O) groups excluding carboxylic acids is 1. The van der Waals surface area contributed by atoms with Gasteiger partial charge >= 0.3 is 0 Å². The second-order valence-corrected chi connectivity index (χ2v) is 8.08. The van der Waals surface area contributed by atoms with Gasteiger partial charge in [0.15, 0.2) is 5.65 Å². The Morgan fingerprint density at radius 2 is 1.96 bits per heavy atom. The van der Waals surface area contributed by atoms with Crippen LogP contribution in [0.15, 0.2) is 47.3 Å². The van der Waals surface area contributed by atoms with Crippen molar-refractivity contribution in [3.63, 3.8) is 0 Å². The number of nitrogens with zero attached hydrogens (tertiary/aromatic N) is 3. The molecule has 4 heterocycles. The number of amides is 1. The molecular weight excluding hydrogens is 364 g/mol. The third-order valence-corrected chi connectivity index (χ3v) is 5.90. The quantitative estimate of drug-likeness (QED) is 0.550. The molecule has 0 fully saturated rings. The normalized spacial score (nSPS) is 11.1. The van der Waals surface area contributed by atoms with Gasteiger partial charge in [-0.1, -0.05) is 12.1 Å². The number of fused-ring (bicyclic) bond motifs is 1. The fraction of sp³-hybridized carbons (Fsp3) is 0.211. The zero-order valence-electron chi connectivity index (χ0n) is 14.3. The van der Waals surface area contributed by atoms with Crippen LogP contribution in [0.1, 0.15) is 25.8 Å². The molecule has 26 heavy (non-hydrogen) atoms. The molecule has 0 aliphatic heterocycles. The molecule has 4 aromatic rings. The van der Waals surface area contributed by atoms with Gasteiger partial charge in [0.2, 0.25) is 0 Å². The van der Waals surface area contributed by atoms with Crippen LogP contribution in [-0.4, -0.2) is 27.2 Å². The van der Waals surface area contributed by atoms with Gasteiger partial charge in [0, 0.05) is 22.0 Å². The lowest BCUT2D eigenvalue weighted by atomic mass is 10.1. The van der Waals surface area contributed by atoms with Gasteiger partial charge in [-0.2, -0.15) is 5.10 Å². The maximum absolute atomic E-state index is 12.7. The summed E-state index contributed by atoms with van der Waals surface area (Å²) in [4.78, 5) is 19.8. The number of aryl methyl sites for hydroxylation is 1. The van der Waals surface area contributed by atoms with E-state index in [0.29, 0.717) is 18.7 Å². The largest absolute Gasteiger partial charge is 0.352 e. The van der Waals surface area contributed by atoms with Crippen LogP contribution in [0.5, 0.6) is 0 Å². The summed E-state index contributed by atoms with van der Waals surface area (Å²) in [5.74, 6) is -0.0762. The van der Waals surface area contributed by atoms with Crippen LogP contribution in [0.25, 0.3) is 11.0 Å². The average molecular weight is 383 g/mol. The molecule has 5 nitrogen and oxygen atoms in total. The molecule has 1 amide bonds. The average Bonchev–Trinajstić information content (AvgIpc) is 3.37. The Morgan fingerprint density at radius 1 is 1.19 bits per heavy atom. The standard InChI is InChI=1S/C19H18N4OS2/c1-13-10-16(19(24)20-7-6-14-4-2-8-25-14)17-11-21-23(18(17)22-13)12-15-5-3-9-26-15/h2-5,8-11H,6-7,12H2,1H3,(H,20,24). The van der Waals surface area contributed by atoms with E-state index in [1.165, 1.54) is 9.75 Å². The van der Waals surface area contributed by atoms with E-state index in [0.717, 1.165) is 23.1 Å². The summed E-state index contributed by atoms with van der Waals surface area (Å²) in [7, 11) is 0. The first-order chi connectivity index (χ1) is 12.7. The van der Waals surface area contributed by atoms with Gasteiger partial charge in [-0.05, 0) is 42.3 Å². The van der Waals surface area contributed by atoms with Crippen LogP contribution >= 0.6 is 22.7 Å². The molecule has 0 aromatic carbocycles. The van der Waals surface area contributed by atoms with Crippen LogP contribution in [0.4, 0.5) is 0 Å². The highest BCUT2D eigenvalue weighted by molar-refractivity contribution is 7.10. The van der Waals surface area contributed by atoms with Gasteiger partial charge in [-0.15, -0.1) is 22.7 Å². The molecule has 4 aromatic heterocycles. The number of pyridine rings is 1. The molecule has 0 radical (unpaired) electrons. The minimum atomic E-state index is -0.0762. The van der Waals surface area contributed by atoms with Crippen LogP contribution in [0, 0.1) is 6.92 Å². The number of carbonyl (C=O) groups is 1. The van der Waals surface area contributed by atoms with Gasteiger partial charge in [-0.25, -0.2) is 9.67 Å². The molecule has 132 valence electrons. The molecule has 0 unspecified atom stereocenters. The molecule has 0 aliphatic carbocycles.